The van der Waals surface area contributed by atoms with Gasteiger partial charge in [0, 0.05) is 25.7 Å². The van der Waals surface area contributed by atoms with Gasteiger partial charge in [-0.1, -0.05) is 20.8 Å². The lowest BCUT2D eigenvalue weighted by atomic mass is 9.83. The van der Waals surface area contributed by atoms with Gasteiger partial charge in [0.1, 0.15) is 0 Å². The number of rotatable bonds is 6. The quantitative estimate of drug-likeness (QED) is 0.765. The van der Waals surface area contributed by atoms with Crippen molar-refractivity contribution in [1.29, 1.82) is 0 Å². The van der Waals surface area contributed by atoms with Gasteiger partial charge in [0.2, 0.25) is 0 Å². The Balaban J connectivity index is 2.41. The van der Waals surface area contributed by atoms with Gasteiger partial charge < -0.3 is 15.3 Å². The van der Waals surface area contributed by atoms with E-state index in [9.17, 15) is 5.11 Å². The minimum Gasteiger partial charge on any atom is -0.390 e. The molecule has 1 aliphatic rings. The van der Waals surface area contributed by atoms with Crippen molar-refractivity contribution in [3.63, 3.8) is 0 Å². The zero-order valence-electron chi connectivity index (χ0n) is 12.9. The van der Waals surface area contributed by atoms with Crippen LogP contribution < -0.4 is 5.32 Å². The van der Waals surface area contributed by atoms with Crippen LogP contribution in [0.2, 0.25) is 0 Å². The molecule has 0 aromatic carbocycles. The van der Waals surface area contributed by atoms with E-state index in [4.69, 9.17) is 0 Å². The van der Waals surface area contributed by atoms with Crippen LogP contribution in [0.1, 0.15) is 53.9 Å². The van der Waals surface area contributed by atoms with Crippen LogP contribution in [0.3, 0.4) is 0 Å². The molecule has 1 unspecified atom stereocenters. The molecule has 108 valence electrons. The summed E-state index contributed by atoms with van der Waals surface area (Å²) in [6, 6.07) is 0.528. The molecule has 1 rings (SSSR count). The summed E-state index contributed by atoms with van der Waals surface area (Å²) in [5.74, 6) is 0. The van der Waals surface area contributed by atoms with Crippen molar-refractivity contribution >= 4 is 0 Å². The first-order valence-corrected chi connectivity index (χ1v) is 7.45. The SMILES string of the molecule is CCCNC(C)C(C)(C)CN1CCC(C)(O)CC1. The van der Waals surface area contributed by atoms with Gasteiger partial charge in [0.05, 0.1) is 5.60 Å². The second kappa shape index (κ2) is 6.36. The molecule has 0 radical (unpaired) electrons. The molecule has 0 amide bonds. The van der Waals surface area contributed by atoms with Gasteiger partial charge in [-0.2, -0.15) is 0 Å². The Morgan fingerprint density at radius 2 is 1.89 bits per heavy atom. The van der Waals surface area contributed by atoms with E-state index in [-0.39, 0.29) is 5.41 Å². The highest BCUT2D eigenvalue weighted by Gasteiger charge is 2.32. The summed E-state index contributed by atoms with van der Waals surface area (Å²) in [5, 5.41) is 13.6. The maximum absolute atomic E-state index is 9.98. The molecular formula is C15H32N2O. The monoisotopic (exact) mass is 256 g/mol. The minimum atomic E-state index is -0.438. The zero-order chi connectivity index (χ0) is 13.8. The Kier molecular flexibility index (Phi) is 5.63. The Morgan fingerprint density at radius 3 is 2.39 bits per heavy atom. The minimum absolute atomic E-state index is 0.276. The second-order valence-electron chi connectivity index (χ2n) is 6.94. The summed E-state index contributed by atoms with van der Waals surface area (Å²) < 4.78 is 0. The molecule has 18 heavy (non-hydrogen) atoms. The van der Waals surface area contributed by atoms with Crippen molar-refractivity contribution in [1.82, 2.24) is 10.2 Å². The van der Waals surface area contributed by atoms with Crippen LogP contribution in [-0.4, -0.2) is 47.8 Å². The number of likely N-dealkylation sites (tertiary alicyclic amines) is 1. The fourth-order valence-electron chi connectivity index (χ4n) is 2.54. The van der Waals surface area contributed by atoms with E-state index in [1.807, 2.05) is 6.92 Å². The van der Waals surface area contributed by atoms with Crippen LogP contribution >= 0.6 is 0 Å². The Morgan fingerprint density at radius 1 is 1.33 bits per heavy atom. The molecular weight excluding hydrogens is 224 g/mol. The summed E-state index contributed by atoms with van der Waals surface area (Å²) >= 11 is 0. The number of aliphatic hydroxyl groups is 1. The lowest BCUT2D eigenvalue weighted by Crippen LogP contribution is -2.50. The highest BCUT2D eigenvalue weighted by molar-refractivity contribution is 4.88. The second-order valence-corrected chi connectivity index (χ2v) is 6.94. The van der Waals surface area contributed by atoms with Crippen LogP contribution in [0.5, 0.6) is 0 Å². The van der Waals surface area contributed by atoms with Gasteiger partial charge in [0.15, 0.2) is 0 Å². The predicted molar refractivity (Wildman–Crippen MR) is 77.8 cm³/mol. The van der Waals surface area contributed by atoms with E-state index in [0.717, 1.165) is 39.0 Å². The van der Waals surface area contributed by atoms with E-state index in [0.29, 0.717) is 6.04 Å². The van der Waals surface area contributed by atoms with E-state index in [1.165, 1.54) is 6.42 Å². The van der Waals surface area contributed by atoms with Gasteiger partial charge in [-0.3, -0.25) is 0 Å². The molecule has 0 saturated carbocycles. The molecule has 3 heteroatoms. The third kappa shape index (κ3) is 4.87. The molecule has 1 aliphatic heterocycles. The summed E-state index contributed by atoms with van der Waals surface area (Å²) in [6.07, 6.45) is 2.99. The molecule has 0 aliphatic carbocycles. The van der Waals surface area contributed by atoms with Crippen LogP contribution in [0.25, 0.3) is 0 Å². The maximum Gasteiger partial charge on any atom is 0.0644 e. The Labute approximate surface area is 113 Å². The average molecular weight is 256 g/mol. The van der Waals surface area contributed by atoms with Crippen LogP contribution in [0.4, 0.5) is 0 Å². The largest absolute Gasteiger partial charge is 0.390 e. The fourth-order valence-corrected chi connectivity index (χ4v) is 2.54. The standard InChI is InChI=1S/C15H32N2O/c1-6-9-16-13(2)14(3,4)12-17-10-7-15(5,18)8-11-17/h13,16,18H,6-12H2,1-5H3. The van der Waals surface area contributed by atoms with Crippen molar-refractivity contribution < 1.29 is 5.11 Å². The van der Waals surface area contributed by atoms with Crippen molar-refractivity contribution in [3.05, 3.63) is 0 Å². The molecule has 2 N–H and O–H groups in total. The summed E-state index contributed by atoms with van der Waals surface area (Å²) in [7, 11) is 0. The van der Waals surface area contributed by atoms with Crippen molar-refractivity contribution in [2.45, 2.75) is 65.5 Å². The van der Waals surface area contributed by atoms with E-state index >= 15 is 0 Å². The first kappa shape index (κ1) is 15.9. The summed E-state index contributed by atoms with van der Waals surface area (Å²) in [5.41, 5.74) is -0.162. The number of nitrogens with zero attached hydrogens (tertiary/aromatic N) is 1. The zero-order valence-corrected chi connectivity index (χ0v) is 12.9. The molecule has 0 aromatic heterocycles. The van der Waals surface area contributed by atoms with Gasteiger partial charge >= 0.3 is 0 Å². The average Bonchev–Trinajstić information content (AvgIpc) is 2.28. The Bertz CT molecular complexity index is 241. The fraction of sp³-hybridized carbons (Fsp3) is 1.00. The van der Waals surface area contributed by atoms with Crippen LogP contribution in [-0.2, 0) is 0 Å². The third-order valence-corrected chi connectivity index (χ3v) is 4.44. The first-order chi connectivity index (χ1) is 8.27. The van der Waals surface area contributed by atoms with Gasteiger partial charge in [0.25, 0.3) is 0 Å². The van der Waals surface area contributed by atoms with Crippen molar-refractivity contribution in [3.8, 4) is 0 Å². The number of nitrogens with one attached hydrogen (secondary N) is 1. The lowest BCUT2D eigenvalue weighted by molar-refractivity contribution is -0.0157. The molecule has 1 saturated heterocycles. The van der Waals surface area contributed by atoms with Crippen molar-refractivity contribution in [2.24, 2.45) is 5.41 Å². The molecule has 3 nitrogen and oxygen atoms in total. The molecule has 0 bridgehead atoms. The summed E-state index contributed by atoms with van der Waals surface area (Å²) in [4.78, 5) is 2.50. The van der Waals surface area contributed by atoms with E-state index in [1.54, 1.807) is 0 Å². The maximum atomic E-state index is 9.98. The highest BCUT2D eigenvalue weighted by Crippen LogP contribution is 2.27. The Hall–Kier alpha value is -0.120. The summed E-state index contributed by atoms with van der Waals surface area (Å²) in [6.45, 7) is 15.4. The predicted octanol–water partition coefficient (Wildman–Crippen LogP) is 2.25. The lowest BCUT2D eigenvalue weighted by Gasteiger charge is -2.42. The number of piperidine rings is 1. The van der Waals surface area contributed by atoms with Gasteiger partial charge in [-0.05, 0) is 45.1 Å². The van der Waals surface area contributed by atoms with Gasteiger partial charge in [-0.15, -0.1) is 0 Å². The van der Waals surface area contributed by atoms with Gasteiger partial charge in [-0.25, -0.2) is 0 Å². The highest BCUT2D eigenvalue weighted by atomic mass is 16.3. The van der Waals surface area contributed by atoms with Crippen LogP contribution in [0.15, 0.2) is 0 Å². The molecule has 1 atom stereocenters. The topological polar surface area (TPSA) is 35.5 Å². The third-order valence-electron chi connectivity index (χ3n) is 4.44. The van der Waals surface area contributed by atoms with E-state index in [2.05, 4.69) is 37.9 Å². The normalized spacial score (nSPS) is 23.0. The first-order valence-electron chi connectivity index (χ1n) is 7.45. The smallest absolute Gasteiger partial charge is 0.0644 e. The van der Waals surface area contributed by atoms with Crippen LogP contribution in [0, 0.1) is 5.41 Å². The number of hydrogen-bond acceptors (Lipinski definition) is 3. The number of hydrogen-bond donors (Lipinski definition) is 2. The molecule has 1 fully saturated rings. The van der Waals surface area contributed by atoms with Crippen molar-refractivity contribution in [2.75, 3.05) is 26.2 Å². The van der Waals surface area contributed by atoms with E-state index < -0.39 is 5.60 Å². The molecule has 0 spiro atoms. The molecule has 0 aromatic rings. The molecule has 1 heterocycles.